The molecule has 0 radical (unpaired) electrons. The number of nitrogens with one attached hydrogen (secondary N) is 2. The fourth-order valence-electron chi connectivity index (χ4n) is 2.86. The summed E-state index contributed by atoms with van der Waals surface area (Å²) in [5.74, 6) is 0.284. The van der Waals surface area contributed by atoms with Crippen molar-refractivity contribution >= 4 is 39.1 Å². The van der Waals surface area contributed by atoms with Gasteiger partial charge in [0.05, 0.1) is 10.6 Å². The predicted octanol–water partition coefficient (Wildman–Crippen LogP) is 6.05. The maximum absolute atomic E-state index is 12.6. The lowest BCUT2D eigenvalue weighted by atomic mass is 10.1. The van der Waals surface area contributed by atoms with Crippen molar-refractivity contribution in [3.8, 4) is 5.75 Å². The number of hydrogen-bond acceptors (Lipinski definition) is 3. The molecule has 0 atom stereocenters. The highest BCUT2D eigenvalue weighted by Gasteiger charge is 2.12. The number of anilines is 2. The molecule has 5 nitrogen and oxygen atoms in total. The third kappa shape index (κ3) is 5.48. The maximum Gasteiger partial charge on any atom is 0.255 e. The maximum atomic E-state index is 12.6. The number of amides is 2. The molecule has 3 aromatic carbocycles. The monoisotopic (exact) mass is 466 g/mol. The van der Waals surface area contributed by atoms with E-state index in [0.717, 1.165) is 10.0 Å². The second-order valence-electron chi connectivity index (χ2n) is 7.12. The summed E-state index contributed by atoms with van der Waals surface area (Å²) in [5, 5.41) is 5.78. The van der Waals surface area contributed by atoms with Crippen LogP contribution in [0.15, 0.2) is 71.2 Å². The Balaban J connectivity index is 1.69. The van der Waals surface area contributed by atoms with Crippen molar-refractivity contribution in [2.45, 2.75) is 26.9 Å². The first kappa shape index (κ1) is 21.6. The minimum atomic E-state index is -0.229. The van der Waals surface area contributed by atoms with Gasteiger partial charge in [-0.25, -0.2) is 0 Å². The molecule has 0 saturated heterocycles. The van der Waals surface area contributed by atoms with Crippen LogP contribution in [0.2, 0.25) is 0 Å². The average molecular weight is 467 g/mol. The second kappa shape index (κ2) is 9.59. The zero-order valence-corrected chi connectivity index (χ0v) is 18.6. The van der Waals surface area contributed by atoms with Crippen molar-refractivity contribution in [2.24, 2.45) is 0 Å². The van der Waals surface area contributed by atoms with E-state index in [1.165, 1.54) is 0 Å². The number of ether oxygens (including phenoxy) is 1. The number of halogens is 1. The first-order valence-corrected chi connectivity index (χ1v) is 10.4. The lowest BCUT2D eigenvalue weighted by molar-refractivity contribution is 0.101. The minimum Gasteiger partial charge on any atom is -0.490 e. The van der Waals surface area contributed by atoms with Crippen molar-refractivity contribution in [3.05, 3.63) is 87.9 Å². The predicted molar refractivity (Wildman–Crippen MR) is 123 cm³/mol. The molecule has 3 aromatic rings. The van der Waals surface area contributed by atoms with Gasteiger partial charge in [0.2, 0.25) is 0 Å². The molecule has 6 heteroatoms. The van der Waals surface area contributed by atoms with Crippen LogP contribution in [0.1, 0.15) is 40.1 Å². The van der Waals surface area contributed by atoms with Crippen LogP contribution in [-0.4, -0.2) is 17.9 Å². The lowest BCUT2D eigenvalue weighted by Gasteiger charge is -2.13. The van der Waals surface area contributed by atoms with Crippen LogP contribution in [0.4, 0.5) is 11.4 Å². The normalized spacial score (nSPS) is 10.6. The van der Waals surface area contributed by atoms with E-state index in [1.54, 1.807) is 42.5 Å². The topological polar surface area (TPSA) is 67.4 Å². The van der Waals surface area contributed by atoms with Crippen LogP contribution in [-0.2, 0) is 0 Å². The molecule has 2 amide bonds. The highest BCUT2D eigenvalue weighted by molar-refractivity contribution is 9.10. The largest absolute Gasteiger partial charge is 0.490 e. The molecule has 0 fully saturated rings. The summed E-state index contributed by atoms with van der Waals surface area (Å²) in [4.78, 5) is 25.0. The smallest absolute Gasteiger partial charge is 0.255 e. The van der Waals surface area contributed by atoms with Crippen LogP contribution in [0, 0.1) is 6.92 Å². The first-order chi connectivity index (χ1) is 14.3. The molecule has 0 aliphatic heterocycles. The summed E-state index contributed by atoms with van der Waals surface area (Å²) in [6, 6.07) is 19.6. The van der Waals surface area contributed by atoms with Crippen LogP contribution in [0.5, 0.6) is 5.75 Å². The summed E-state index contributed by atoms with van der Waals surface area (Å²) >= 11 is 3.45. The van der Waals surface area contributed by atoms with E-state index in [2.05, 4.69) is 26.6 Å². The molecular formula is C24H23BrN2O3. The van der Waals surface area contributed by atoms with Gasteiger partial charge in [0.1, 0.15) is 5.75 Å². The SMILES string of the molecule is Cc1cc(NC(=O)c2ccc(OC(C)C)c(Br)c2)ccc1NC(=O)c1ccccc1. The van der Waals surface area contributed by atoms with E-state index in [9.17, 15) is 9.59 Å². The Morgan fingerprint density at radius 2 is 1.57 bits per heavy atom. The van der Waals surface area contributed by atoms with Crippen molar-refractivity contribution in [1.82, 2.24) is 0 Å². The van der Waals surface area contributed by atoms with Gasteiger partial charge in [0, 0.05) is 22.5 Å². The van der Waals surface area contributed by atoms with E-state index < -0.39 is 0 Å². The molecule has 0 aliphatic rings. The van der Waals surface area contributed by atoms with E-state index in [4.69, 9.17) is 4.74 Å². The number of aryl methyl sites for hydroxylation is 1. The van der Waals surface area contributed by atoms with Crippen molar-refractivity contribution in [3.63, 3.8) is 0 Å². The summed E-state index contributed by atoms with van der Waals surface area (Å²) in [7, 11) is 0. The Morgan fingerprint density at radius 3 is 2.20 bits per heavy atom. The van der Waals surface area contributed by atoms with Gasteiger partial charge < -0.3 is 15.4 Å². The molecule has 30 heavy (non-hydrogen) atoms. The van der Waals surface area contributed by atoms with Gasteiger partial charge in [0.15, 0.2) is 0 Å². The minimum absolute atomic E-state index is 0.0462. The van der Waals surface area contributed by atoms with Gasteiger partial charge >= 0.3 is 0 Å². The number of benzene rings is 3. The third-order valence-corrected chi connectivity index (χ3v) is 4.94. The number of rotatable bonds is 6. The van der Waals surface area contributed by atoms with Gasteiger partial charge in [-0.2, -0.15) is 0 Å². The molecule has 0 bridgehead atoms. The lowest BCUT2D eigenvalue weighted by Crippen LogP contribution is -2.14. The summed E-state index contributed by atoms with van der Waals surface area (Å²) in [6.07, 6.45) is 0.0462. The van der Waals surface area contributed by atoms with E-state index >= 15 is 0 Å². The molecule has 0 heterocycles. The first-order valence-electron chi connectivity index (χ1n) is 9.58. The van der Waals surface area contributed by atoms with Crippen LogP contribution >= 0.6 is 15.9 Å². The molecule has 0 saturated carbocycles. The number of carbonyl (C=O) groups excluding carboxylic acids is 2. The quantitative estimate of drug-likeness (QED) is 0.464. The summed E-state index contributed by atoms with van der Waals surface area (Å²) in [6.45, 7) is 5.77. The molecule has 2 N–H and O–H groups in total. The zero-order chi connectivity index (χ0) is 21.7. The Hall–Kier alpha value is -3.12. The zero-order valence-electron chi connectivity index (χ0n) is 17.0. The number of carbonyl (C=O) groups is 2. The second-order valence-corrected chi connectivity index (χ2v) is 7.97. The standard InChI is InChI=1S/C24H23BrN2O3/c1-15(2)30-22-12-9-18(14-20(22)25)24(29)26-19-10-11-21(16(3)13-19)27-23(28)17-7-5-4-6-8-17/h4-15H,1-3H3,(H,26,29)(H,27,28). The Labute approximate surface area is 184 Å². The fraction of sp³-hybridized carbons (Fsp3) is 0.167. The average Bonchev–Trinajstić information content (AvgIpc) is 2.71. The van der Waals surface area contributed by atoms with Gasteiger partial charge in [0.25, 0.3) is 11.8 Å². The molecule has 0 aliphatic carbocycles. The Morgan fingerprint density at radius 1 is 0.867 bits per heavy atom. The van der Waals surface area contributed by atoms with Gasteiger partial charge in [-0.1, -0.05) is 18.2 Å². The Kier molecular flexibility index (Phi) is 6.90. The highest BCUT2D eigenvalue weighted by Crippen LogP contribution is 2.28. The molecule has 154 valence electrons. The van der Waals surface area contributed by atoms with E-state index in [-0.39, 0.29) is 17.9 Å². The van der Waals surface area contributed by atoms with Crippen LogP contribution in [0.25, 0.3) is 0 Å². The molecule has 0 aromatic heterocycles. The summed E-state index contributed by atoms with van der Waals surface area (Å²) < 4.78 is 6.40. The van der Waals surface area contributed by atoms with Gasteiger partial charge in [-0.15, -0.1) is 0 Å². The van der Waals surface area contributed by atoms with E-state index in [1.807, 2.05) is 45.0 Å². The van der Waals surface area contributed by atoms with Crippen LogP contribution in [0.3, 0.4) is 0 Å². The highest BCUT2D eigenvalue weighted by atomic mass is 79.9. The van der Waals surface area contributed by atoms with Crippen molar-refractivity contribution in [2.75, 3.05) is 10.6 Å². The summed E-state index contributed by atoms with van der Waals surface area (Å²) in [5.41, 5.74) is 3.29. The Bertz CT molecular complexity index is 1070. The molecule has 0 spiro atoms. The number of hydrogen-bond donors (Lipinski definition) is 2. The molecule has 3 rings (SSSR count). The van der Waals surface area contributed by atoms with Gasteiger partial charge in [-0.3, -0.25) is 9.59 Å². The fourth-order valence-corrected chi connectivity index (χ4v) is 3.33. The molecular weight excluding hydrogens is 444 g/mol. The van der Waals surface area contributed by atoms with Crippen LogP contribution < -0.4 is 15.4 Å². The van der Waals surface area contributed by atoms with Gasteiger partial charge in [-0.05, 0) is 90.8 Å². The third-order valence-electron chi connectivity index (χ3n) is 4.33. The van der Waals surface area contributed by atoms with E-state index in [0.29, 0.717) is 28.3 Å². The van der Waals surface area contributed by atoms with Crippen molar-refractivity contribution in [1.29, 1.82) is 0 Å². The molecule has 0 unspecified atom stereocenters. The van der Waals surface area contributed by atoms with Crippen molar-refractivity contribution < 1.29 is 14.3 Å².